The van der Waals surface area contributed by atoms with Gasteiger partial charge in [-0.3, -0.25) is 19.4 Å². The molecular weight excluding hydrogens is 320 g/mol. The molecule has 0 spiro atoms. The number of likely N-dealkylation sites (N-methyl/N-ethyl adjacent to an activating group) is 1. The highest BCUT2D eigenvalue weighted by Gasteiger charge is 2.41. The van der Waals surface area contributed by atoms with Gasteiger partial charge in [0.2, 0.25) is 18.2 Å². The molecule has 0 aliphatic carbocycles. The minimum Gasteiger partial charge on any atom is -0.345 e. The predicted octanol–water partition coefficient (Wildman–Crippen LogP) is 0.409. The van der Waals surface area contributed by atoms with Crippen molar-refractivity contribution in [2.24, 2.45) is 5.41 Å². The van der Waals surface area contributed by atoms with Crippen molar-refractivity contribution in [1.82, 2.24) is 19.7 Å². The molecular formula is C18H26N4O3. The number of amides is 3. The van der Waals surface area contributed by atoms with Crippen LogP contribution in [-0.4, -0.2) is 77.7 Å². The van der Waals surface area contributed by atoms with Gasteiger partial charge < -0.3 is 14.7 Å². The number of carbonyl (C=O) groups excluding carboxylic acids is 3. The second-order valence-corrected chi connectivity index (χ2v) is 6.89. The molecule has 0 bridgehead atoms. The summed E-state index contributed by atoms with van der Waals surface area (Å²) in [4.78, 5) is 45.3. The lowest BCUT2D eigenvalue weighted by molar-refractivity contribution is -0.155. The minimum atomic E-state index is -1.11. The summed E-state index contributed by atoms with van der Waals surface area (Å²) < 4.78 is 0. The number of rotatable bonds is 6. The summed E-state index contributed by atoms with van der Waals surface area (Å²) in [6, 6.07) is 3.84. The van der Waals surface area contributed by atoms with E-state index >= 15 is 0 Å². The maximum atomic E-state index is 12.8. The Labute approximate surface area is 148 Å². The standard InChI is InChI=1S/C18H26N4O3/c1-18(2,17(25)22-12-10-21(14-23)11-13-22)16(24)20(3)9-6-15-4-7-19-8-5-15/h4-5,7-8,14H,6,9-13H2,1-3H3. The highest BCUT2D eigenvalue weighted by molar-refractivity contribution is 6.04. The van der Waals surface area contributed by atoms with Crippen LogP contribution in [0.1, 0.15) is 19.4 Å². The largest absolute Gasteiger partial charge is 0.345 e. The molecule has 1 saturated heterocycles. The number of hydrogen-bond donors (Lipinski definition) is 0. The Morgan fingerprint density at radius 1 is 1.20 bits per heavy atom. The first-order valence-electron chi connectivity index (χ1n) is 8.49. The number of piperazine rings is 1. The van der Waals surface area contributed by atoms with E-state index in [4.69, 9.17) is 0 Å². The minimum absolute atomic E-state index is 0.182. The Hall–Kier alpha value is -2.44. The van der Waals surface area contributed by atoms with Gasteiger partial charge in [-0.15, -0.1) is 0 Å². The fourth-order valence-corrected chi connectivity index (χ4v) is 2.94. The van der Waals surface area contributed by atoms with Crippen LogP contribution in [0.4, 0.5) is 0 Å². The van der Waals surface area contributed by atoms with Crippen LogP contribution in [-0.2, 0) is 20.8 Å². The quantitative estimate of drug-likeness (QED) is 0.552. The lowest BCUT2D eigenvalue weighted by atomic mass is 9.89. The molecule has 0 aromatic carbocycles. The Bertz CT molecular complexity index is 610. The molecule has 136 valence electrons. The molecule has 1 aliphatic rings. The van der Waals surface area contributed by atoms with Gasteiger partial charge in [-0.05, 0) is 38.0 Å². The predicted molar refractivity (Wildman–Crippen MR) is 93.6 cm³/mol. The Kier molecular flexibility index (Phi) is 6.12. The summed E-state index contributed by atoms with van der Waals surface area (Å²) in [5.74, 6) is -0.372. The van der Waals surface area contributed by atoms with Crippen LogP contribution in [0.2, 0.25) is 0 Å². The van der Waals surface area contributed by atoms with Gasteiger partial charge in [0.1, 0.15) is 5.41 Å². The fourth-order valence-electron chi connectivity index (χ4n) is 2.94. The van der Waals surface area contributed by atoms with Crippen LogP contribution in [0, 0.1) is 5.41 Å². The molecule has 0 atom stereocenters. The summed E-state index contributed by atoms with van der Waals surface area (Å²) in [5.41, 5.74) is -0.0140. The lowest BCUT2D eigenvalue weighted by Gasteiger charge is -2.38. The topological polar surface area (TPSA) is 73.8 Å². The smallest absolute Gasteiger partial charge is 0.237 e. The summed E-state index contributed by atoms with van der Waals surface area (Å²) in [6.45, 7) is 5.84. The van der Waals surface area contributed by atoms with Gasteiger partial charge >= 0.3 is 0 Å². The lowest BCUT2D eigenvalue weighted by Crippen LogP contribution is -2.55. The first kappa shape index (κ1) is 18.9. The SMILES string of the molecule is CN(CCc1ccncc1)C(=O)C(C)(C)C(=O)N1CCN(C=O)CC1. The van der Waals surface area contributed by atoms with Crippen LogP contribution in [0.15, 0.2) is 24.5 Å². The molecule has 25 heavy (non-hydrogen) atoms. The summed E-state index contributed by atoms with van der Waals surface area (Å²) >= 11 is 0. The summed E-state index contributed by atoms with van der Waals surface area (Å²) in [7, 11) is 1.73. The normalized spacial score (nSPS) is 15.0. The van der Waals surface area contributed by atoms with Crippen molar-refractivity contribution in [1.29, 1.82) is 0 Å². The molecule has 0 radical (unpaired) electrons. The number of pyridine rings is 1. The number of nitrogens with zero attached hydrogens (tertiary/aromatic N) is 4. The Balaban J connectivity index is 1.93. The molecule has 7 nitrogen and oxygen atoms in total. The number of carbonyl (C=O) groups is 3. The molecule has 2 rings (SSSR count). The van der Waals surface area contributed by atoms with Crippen LogP contribution in [0.25, 0.3) is 0 Å². The first-order valence-corrected chi connectivity index (χ1v) is 8.49. The van der Waals surface area contributed by atoms with E-state index in [9.17, 15) is 14.4 Å². The van der Waals surface area contributed by atoms with Crippen molar-refractivity contribution in [3.63, 3.8) is 0 Å². The van der Waals surface area contributed by atoms with Gasteiger partial charge in [0.25, 0.3) is 0 Å². The molecule has 1 aromatic rings. The average molecular weight is 346 g/mol. The van der Waals surface area contributed by atoms with Crippen molar-refractivity contribution in [2.45, 2.75) is 20.3 Å². The molecule has 1 fully saturated rings. The number of aromatic nitrogens is 1. The Morgan fingerprint density at radius 2 is 1.80 bits per heavy atom. The second kappa shape index (κ2) is 8.09. The first-order chi connectivity index (χ1) is 11.9. The van der Waals surface area contributed by atoms with Gasteiger partial charge in [0.05, 0.1) is 0 Å². The third-order valence-electron chi connectivity index (χ3n) is 4.65. The van der Waals surface area contributed by atoms with Gasteiger partial charge in [0, 0.05) is 52.2 Å². The zero-order valence-corrected chi connectivity index (χ0v) is 15.1. The number of hydrogen-bond acceptors (Lipinski definition) is 4. The molecule has 0 N–H and O–H groups in total. The third-order valence-corrected chi connectivity index (χ3v) is 4.65. The second-order valence-electron chi connectivity index (χ2n) is 6.89. The molecule has 3 amide bonds. The van der Waals surface area contributed by atoms with E-state index in [1.54, 1.807) is 48.0 Å². The van der Waals surface area contributed by atoms with Crippen LogP contribution < -0.4 is 0 Å². The van der Waals surface area contributed by atoms with E-state index in [0.717, 1.165) is 12.0 Å². The molecule has 7 heteroatoms. The molecule has 1 aromatic heterocycles. The van der Waals surface area contributed by atoms with Crippen molar-refractivity contribution < 1.29 is 14.4 Å². The van der Waals surface area contributed by atoms with Gasteiger partial charge in [-0.25, -0.2) is 0 Å². The molecule has 0 saturated carbocycles. The van der Waals surface area contributed by atoms with E-state index in [-0.39, 0.29) is 11.8 Å². The van der Waals surface area contributed by atoms with Crippen molar-refractivity contribution in [3.05, 3.63) is 30.1 Å². The van der Waals surface area contributed by atoms with E-state index in [2.05, 4.69) is 4.98 Å². The van der Waals surface area contributed by atoms with Gasteiger partial charge in [0.15, 0.2) is 0 Å². The highest BCUT2D eigenvalue weighted by atomic mass is 16.2. The van der Waals surface area contributed by atoms with E-state index in [1.807, 2.05) is 12.1 Å². The van der Waals surface area contributed by atoms with E-state index in [1.165, 1.54) is 0 Å². The average Bonchev–Trinajstić information content (AvgIpc) is 2.65. The van der Waals surface area contributed by atoms with Crippen LogP contribution in [0.3, 0.4) is 0 Å². The van der Waals surface area contributed by atoms with Gasteiger partial charge in [-0.1, -0.05) is 0 Å². The summed E-state index contributed by atoms with van der Waals surface area (Å²) in [6.07, 6.45) is 4.96. The zero-order chi connectivity index (χ0) is 18.4. The van der Waals surface area contributed by atoms with E-state index in [0.29, 0.717) is 39.1 Å². The van der Waals surface area contributed by atoms with Crippen LogP contribution >= 0.6 is 0 Å². The molecule has 0 unspecified atom stereocenters. The maximum absolute atomic E-state index is 12.8. The molecule has 1 aliphatic heterocycles. The van der Waals surface area contributed by atoms with Crippen molar-refractivity contribution in [2.75, 3.05) is 39.8 Å². The fraction of sp³-hybridized carbons (Fsp3) is 0.556. The summed E-state index contributed by atoms with van der Waals surface area (Å²) in [5, 5.41) is 0. The van der Waals surface area contributed by atoms with Crippen LogP contribution in [0.5, 0.6) is 0 Å². The van der Waals surface area contributed by atoms with Crippen molar-refractivity contribution in [3.8, 4) is 0 Å². The monoisotopic (exact) mass is 346 g/mol. The zero-order valence-electron chi connectivity index (χ0n) is 15.1. The van der Waals surface area contributed by atoms with Gasteiger partial charge in [-0.2, -0.15) is 0 Å². The highest BCUT2D eigenvalue weighted by Crippen LogP contribution is 2.23. The molecule has 2 heterocycles. The Morgan fingerprint density at radius 3 is 2.36 bits per heavy atom. The maximum Gasteiger partial charge on any atom is 0.237 e. The van der Waals surface area contributed by atoms with E-state index < -0.39 is 5.41 Å². The third kappa shape index (κ3) is 4.55. The van der Waals surface area contributed by atoms with Crippen molar-refractivity contribution >= 4 is 18.2 Å².